The number of methoxy groups -OCH3 is 1. The summed E-state index contributed by atoms with van der Waals surface area (Å²) in [7, 11) is 1.65. The van der Waals surface area contributed by atoms with Crippen molar-refractivity contribution in [3.8, 4) is 5.75 Å². The summed E-state index contributed by atoms with van der Waals surface area (Å²) in [4.78, 5) is 0. The first-order chi connectivity index (χ1) is 8.29. The molecule has 3 aromatic rings. The van der Waals surface area contributed by atoms with Gasteiger partial charge in [0.25, 0.3) is 0 Å². The molecule has 1 aromatic heterocycles. The maximum atomic E-state index is 11.6. The number of ether oxygens (including phenoxy) is 1. The second-order valence-electron chi connectivity index (χ2n) is 3.92. The fraction of sp³-hybridized carbons (Fsp3) is 0.0714. The molecule has 3 nitrogen and oxygen atoms in total. The summed E-state index contributed by atoms with van der Waals surface area (Å²) in [5.41, 5.74) is 0.685. The zero-order chi connectivity index (χ0) is 11.8. The largest absolute Gasteiger partial charge is 0.618 e. The van der Waals surface area contributed by atoms with Crippen molar-refractivity contribution in [1.82, 2.24) is 0 Å². The molecule has 0 amide bonds. The highest BCUT2D eigenvalue weighted by atomic mass is 16.5. The molecule has 1 heterocycles. The van der Waals surface area contributed by atoms with Crippen molar-refractivity contribution in [3.63, 3.8) is 0 Å². The van der Waals surface area contributed by atoms with Gasteiger partial charge in [-0.15, -0.1) is 0 Å². The van der Waals surface area contributed by atoms with Crippen molar-refractivity contribution in [1.29, 1.82) is 0 Å². The first kappa shape index (κ1) is 9.90. The van der Waals surface area contributed by atoms with Gasteiger partial charge in [-0.1, -0.05) is 0 Å². The molecule has 0 aliphatic carbocycles. The molecule has 3 rings (SSSR count). The number of benzene rings is 2. The van der Waals surface area contributed by atoms with E-state index in [-0.39, 0.29) is 0 Å². The van der Waals surface area contributed by atoms with E-state index in [1.165, 1.54) is 6.20 Å². The second kappa shape index (κ2) is 3.63. The van der Waals surface area contributed by atoms with Crippen LogP contribution in [0, 0.1) is 5.21 Å². The zero-order valence-corrected chi connectivity index (χ0v) is 9.38. The standard InChI is InChI=1S/C14H11NO2/c1-17-11-5-6-12-10(9-11)4-7-14-13(12)3-2-8-15(14)16/h2-9H,1H3. The third-order valence-corrected chi connectivity index (χ3v) is 2.97. The van der Waals surface area contributed by atoms with E-state index in [4.69, 9.17) is 4.74 Å². The van der Waals surface area contributed by atoms with Crippen LogP contribution in [0.1, 0.15) is 0 Å². The molecule has 0 fully saturated rings. The summed E-state index contributed by atoms with van der Waals surface area (Å²) in [6.07, 6.45) is 1.51. The minimum Gasteiger partial charge on any atom is -0.618 e. The van der Waals surface area contributed by atoms with Crippen LogP contribution in [-0.2, 0) is 0 Å². The lowest BCUT2D eigenvalue weighted by Gasteiger charge is -2.06. The van der Waals surface area contributed by atoms with Crippen molar-refractivity contribution in [2.75, 3.05) is 7.11 Å². The summed E-state index contributed by atoms with van der Waals surface area (Å²) in [5.74, 6) is 0.822. The molecule has 0 saturated carbocycles. The van der Waals surface area contributed by atoms with Gasteiger partial charge < -0.3 is 9.94 Å². The van der Waals surface area contributed by atoms with Gasteiger partial charge in [0, 0.05) is 12.1 Å². The third-order valence-electron chi connectivity index (χ3n) is 2.97. The molecule has 0 spiro atoms. The fourth-order valence-corrected chi connectivity index (χ4v) is 2.11. The van der Waals surface area contributed by atoms with Crippen LogP contribution in [0.2, 0.25) is 0 Å². The Morgan fingerprint density at radius 3 is 2.76 bits per heavy atom. The van der Waals surface area contributed by atoms with E-state index >= 15 is 0 Å². The lowest BCUT2D eigenvalue weighted by Crippen LogP contribution is -2.25. The van der Waals surface area contributed by atoms with Crippen LogP contribution in [0.4, 0.5) is 0 Å². The molecular formula is C14H11NO2. The predicted octanol–water partition coefficient (Wildman–Crippen LogP) is 2.64. The highest BCUT2D eigenvalue weighted by Gasteiger charge is 2.07. The Morgan fingerprint density at radius 2 is 1.94 bits per heavy atom. The Labute approximate surface area is 98.5 Å². The molecule has 84 valence electrons. The van der Waals surface area contributed by atoms with E-state index in [0.717, 1.165) is 26.6 Å². The number of pyridine rings is 1. The van der Waals surface area contributed by atoms with Gasteiger partial charge in [-0.05, 0) is 41.1 Å². The Hall–Kier alpha value is -2.29. The van der Waals surface area contributed by atoms with Gasteiger partial charge in [0.15, 0.2) is 6.20 Å². The van der Waals surface area contributed by atoms with Crippen LogP contribution in [0.5, 0.6) is 5.75 Å². The molecule has 0 saturated heterocycles. The molecule has 0 radical (unpaired) electrons. The smallest absolute Gasteiger partial charge is 0.224 e. The lowest BCUT2D eigenvalue weighted by atomic mass is 10.1. The van der Waals surface area contributed by atoms with Crippen molar-refractivity contribution >= 4 is 21.7 Å². The molecule has 17 heavy (non-hydrogen) atoms. The van der Waals surface area contributed by atoms with E-state index in [1.807, 2.05) is 36.4 Å². The zero-order valence-electron chi connectivity index (χ0n) is 9.38. The molecular weight excluding hydrogens is 214 g/mol. The van der Waals surface area contributed by atoms with Crippen molar-refractivity contribution in [2.24, 2.45) is 0 Å². The minimum absolute atomic E-state index is 0.685. The molecule has 3 heteroatoms. The van der Waals surface area contributed by atoms with Crippen LogP contribution in [0.15, 0.2) is 48.7 Å². The highest BCUT2D eigenvalue weighted by molar-refractivity contribution is 6.05. The summed E-state index contributed by atoms with van der Waals surface area (Å²) in [5, 5.41) is 14.7. The summed E-state index contributed by atoms with van der Waals surface area (Å²) in [6, 6.07) is 13.4. The van der Waals surface area contributed by atoms with Crippen LogP contribution < -0.4 is 9.47 Å². The van der Waals surface area contributed by atoms with Gasteiger partial charge in [0.1, 0.15) is 5.75 Å². The Balaban J connectivity index is 2.44. The number of aromatic nitrogens is 1. The van der Waals surface area contributed by atoms with E-state index < -0.39 is 0 Å². The monoisotopic (exact) mass is 225 g/mol. The van der Waals surface area contributed by atoms with Gasteiger partial charge in [0.2, 0.25) is 5.52 Å². The van der Waals surface area contributed by atoms with Crippen LogP contribution in [-0.4, -0.2) is 7.11 Å². The Kier molecular flexibility index (Phi) is 2.11. The number of hydrogen-bond donors (Lipinski definition) is 0. The van der Waals surface area contributed by atoms with E-state index in [0.29, 0.717) is 5.52 Å². The average molecular weight is 225 g/mol. The SMILES string of the molecule is COc1ccc2c(ccc3c2ccc[n+]3[O-])c1. The van der Waals surface area contributed by atoms with Crippen LogP contribution in [0.3, 0.4) is 0 Å². The molecule has 0 aliphatic rings. The molecule has 0 unspecified atom stereocenters. The van der Waals surface area contributed by atoms with Crippen LogP contribution >= 0.6 is 0 Å². The van der Waals surface area contributed by atoms with E-state index in [9.17, 15) is 5.21 Å². The van der Waals surface area contributed by atoms with Gasteiger partial charge in [-0.3, -0.25) is 0 Å². The summed E-state index contributed by atoms with van der Waals surface area (Å²) in [6.45, 7) is 0. The molecule has 0 N–H and O–H groups in total. The summed E-state index contributed by atoms with van der Waals surface area (Å²) < 4.78 is 6.08. The topological polar surface area (TPSA) is 36.2 Å². The Morgan fingerprint density at radius 1 is 1.06 bits per heavy atom. The summed E-state index contributed by atoms with van der Waals surface area (Å²) >= 11 is 0. The van der Waals surface area contributed by atoms with E-state index in [1.54, 1.807) is 13.2 Å². The first-order valence-electron chi connectivity index (χ1n) is 5.38. The molecule has 0 bridgehead atoms. The van der Waals surface area contributed by atoms with Crippen molar-refractivity contribution < 1.29 is 9.47 Å². The normalized spacial score (nSPS) is 10.9. The number of fused-ring (bicyclic) bond motifs is 3. The second-order valence-corrected chi connectivity index (χ2v) is 3.92. The highest BCUT2D eigenvalue weighted by Crippen LogP contribution is 2.26. The fourth-order valence-electron chi connectivity index (χ4n) is 2.11. The first-order valence-corrected chi connectivity index (χ1v) is 5.38. The lowest BCUT2D eigenvalue weighted by molar-refractivity contribution is -0.576. The van der Waals surface area contributed by atoms with Crippen molar-refractivity contribution in [2.45, 2.75) is 0 Å². The maximum Gasteiger partial charge on any atom is 0.224 e. The minimum atomic E-state index is 0.685. The Bertz CT molecular complexity index is 707. The van der Waals surface area contributed by atoms with Gasteiger partial charge >= 0.3 is 0 Å². The molecule has 0 atom stereocenters. The molecule has 0 aliphatic heterocycles. The quantitative estimate of drug-likeness (QED) is 0.362. The number of nitrogens with zero attached hydrogens (tertiary/aromatic N) is 1. The van der Waals surface area contributed by atoms with Gasteiger partial charge in [-0.2, -0.15) is 4.73 Å². The van der Waals surface area contributed by atoms with Gasteiger partial charge in [0.05, 0.1) is 12.5 Å². The van der Waals surface area contributed by atoms with Crippen molar-refractivity contribution in [3.05, 3.63) is 53.9 Å². The van der Waals surface area contributed by atoms with E-state index in [2.05, 4.69) is 0 Å². The molecule has 2 aromatic carbocycles. The van der Waals surface area contributed by atoms with Gasteiger partial charge in [-0.25, -0.2) is 0 Å². The predicted molar refractivity (Wildman–Crippen MR) is 67.0 cm³/mol. The maximum absolute atomic E-state index is 11.6. The number of hydrogen-bond acceptors (Lipinski definition) is 2. The average Bonchev–Trinajstić information content (AvgIpc) is 2.38. The third kappa shape index (κ3) is 1.47. The number of rotatable bonds is 1. The van der Waals surface area contributed by atoms with Crippen LogP contribution in [0.25, 0.3) is 21.7 Å².